The van der Waals surface area contributed by atoms with Gasteiger partial charge in [-0.05, 0) is 36.2 Å². The van der Waals surface area contributed by atoms with Gasteiger partial charge in [-0.25, -0.2) is 4.39 Å². The molecule has 23 heavy (non-hydrogen) atoms. The number of halogens is 1. The molecule has 3 rings (SSSR count). The summed E-state index contributed by atoms with van der Waals surface area (Å²) in [5.74, 6) is -2.63. The van der Waals surface area contributed by atoms with Crippen LogP contribution in [0.4, 0.5) is 4.39 Å². The monoisotopic (exact) mass is 313 g/mol. The van der Waals surface area contributed by atoms with E-state index in [-0.39, 0.29) is 5.91 Å². The fourth-order valence-corrected chi connectivity index (χ4v) is 3.27. The number of carbonyl (C=O) groups excluding carboxylic acids is 1. The van der Waals surface area contributed by atoms with Crippen molar-refractivity contribution in [3.63, 3.8) is 0 Å². The molecule has 0 bridgehead atoms. The molecule has 1 aliphatic rings. The van der Waals surface area contributed by atoms with Crippen molar-refractivity contribution in [3.8, 4) is 0 Å². The second-order valence-electron chi connectivity index (χ2n) is 5.49. The number of likely N-dealkylation sites (N-methyl/N-ethyl adjacent to an activating group) is 1. The summed E-state index contributed by atoms with van der Waals surface area (Å²) in [6, 6.07) is 11.8. The van der Waals surface area contributed by atoms with Gasteiger partial charge in [0, 0.05) is 12.1 Å². The van der Waals surface area contributed by atoms with Crippen molar-refractivity contribution in [2.45, 2.75) is 18.9 Å². The maximum Gasteiger partial charge on any atom is 0.313 e. The average molecular weight is 313 g/mol. The summed E-state index contributed by atoms with van der Waals surface area (Å²) < 4.78 is 13.6. The lowest BCUT2D eigenvalue weighted by molar-refractivity contribution is -0.140. The standard InChI is InChI=1S/C18H16FNO3/c1-2-20-16(11-6-5-7-12(19)10-11)15(18(22)23)13-8-3-4-9-14(13)17(20)21/h3-10,15-16H,2H2,1H3,(H,22,23). The van der Waals surface area contributed by atoms with Crippen LogP contribution in [0.25, 0.3) is 0 Å². The van der Waals surface area contributed by atoms with Crippen molar-refractivity contribution < 1.29 is 19.1 Å². The second-order valence-corrected chi connectivity index (χ2v) is 5.49. The Morgan fingerprint density at radius 3 is 2.61 bits per heavy atom. The Labute approximate surface area is 133 Å². The van der Waals surface area contributed by atoms with Crippen LogP contribution in [0.5, 0.6) is 0 Å². The molecule has 2 aromatic carbocycles. The molecule has 0 radical (unpaired) electrons. The molecule has 2 aromatic rings. The molecule has 2 atom stereocenters. The first-order valence-electron chi connectivity index (χ1n) is 7.42. The molecule has 1 aliphatic heterocycles. The Hall–Kier alpha value is -2.69. The molecule has 0 spiro atoms. The zero-order chi connectivity index (χ0) is 16.6. The van der Waals surface area contributed by atoms with Crippen molar-refractivity contribution >= 4 is 11.9 Å². The number of aliphatic carboxylic acids is 1. The topological polar surface area (TPSA) is 57.6 Å². The summed E-state index contributed by atoms with van der Waals surface area (Å²) in [7, 11) is 0. The van der Waals surface area contributed by atoms with E-state index in [4.69, 9.17) is 0 Å². The van der Waals surface area contributed by atoms with Crippen LogP contribution < -0.4 is 0 Å². The molecule has 0 saturated heterocycles. The molecule has 0 aliphatic carbocycles. The normalized spacial score (nSPS) is 20.3. The molecule has 118 valence electrons. The van der Waals surface area contributed by atoms with E-state index in [1.54, 1.807) is 37.3 Å². The predicted molar refractivity (Wildman–Crippen MR) is 82.7 cm³/mol. The smallest absolute Gasteiger partial charge is 0.313 e. The molecule has 4 nitrogen and oxygen atoms in total. The highest BCUT2D eigenvalue weighted by molar-refractivity contribution is 6.00. The summed E-state index contributed by atoms with van der Waals surface area (Å²) in [6.07, 6.45) is 0. The summed E-state index contributed by atoms with van der Waals surface area (Å²) in [6.45, 7) is 2.13. The molecule has 1 amide bonds. The summed E-state index contributed by atoms with van der Waals surface area (Å²) >= 11 is 0. The fraction of sp³-hybridized carbons (Fsp3) is 0.222. The van der Waals surface area contributed by atoms with Crippen LogP contribution in [0, 0.1) is 5.82 Å². The van der Waals surface area contributed by atoms with E-state index in [2.05, 4.69) is 0 Å². The first-order valence-corrected chi connectivity index (χ1v) is 7.42. The number of hydrogen-bond acceptors (Lipinski definition) is 2. The summed E-state index contributed by atoms with van der Waals surface area (Å²) in [5.41, 5.74) is 1.36. The van der Waals surface area contributed by atoms with Gasteiger partial charge in [-0.1, -0.05) is 30.3 Å². The van der Waals surface area contributed by atoms with Gasteiger partial charge in [0.2, 0.25) is 0 Å². The van der Waals surface area contributed by atoms with Gasteiger partial charge in [0.05, 0.1) is 6.04 Å². The van der Waals surface area contributed by atoms with E-state index < -0.39 is 23.7 Å². The van der Waals surface area contributed by atoms with Gasteiger partial charge < -0.3 is 10.0 Å². The van der Waals surface area contributed by atoms with E-state index in [9.17, 15) is 19.1 Å². The van der Waals surface area contributed by atoms with Gasteiger partial charge in [-0.15, -0.1) is 0 Å². The molecule has 0 saturated carbocycles. The number of amides is 1. The number of hydrogen-bond donors (Lipinski definition) is 1. The molecule has 1 N–H and O–H groups in total. The van der Waals surface area contributed by atoms with E-state index in [1.807, 2.05) is 0 Å². The Kier molecular flexibility index (Phi) is 3.86. The molecule has 0 aromatic heterocycles. The summed E-state index contributed by atoms with van der Waals surface area (Å²) in [5, 5.41) is 9.75. The van der Waals surface area contributed by atoms with Crippen LogP contribution in [-0.2, 0) is 4.79 Å². The highest BCUT2D eigenvalue weighted by atomic mass is 19.1. The Morgan fingerprint density at radius 1 is 1.22 bits per heavy atom. The van der Waals surface area contributed by atoms with Gasteiger partial charge in [-0.3, -0.25) is 9.59 Å². The molecular formula is C18H16FNO3. The molecule has 5 heteroatoms. The van der Waals surface area contributed by atoms with Crippen LogP contribution in [0.1, 0.15) is 40.4 Å². The van der Waals surface area contributed by atoms with Crippen molar-refractivity contribution in [2.24, 2.45) is 0 Å². The third-order valence-corrected chi connectivity index (χ3v) is 4.24. The minimum absolute atomic E-state index is 0.227. The van der Waals surface area contributed by atoms with E-state index in [0.717, 1.165) is 0 Å². The van der Waals surface area contributed by atoms with Crippen LogP contribution in [-0.4, -0.2) is 28.4 Å². The third kappa shape index (κ3) is 2.48. The number of rotatable bonds is 3. The van der Waals surface area contributed by atoms with Crippen LogP contribution in [0.15, 0.2) is 48.5 Å². The van der Waals surface area contributed by atoms with Gasteiger partial charge in [0.25, 0.3) is 5.91 Å². The quantitative estimate of drug-likeness (QED) is 0.946. The average Bonchev–Trinajstić information content (AvgIpc) is 2.54. The number of carboxylic acids is 1. The first kappa shape index (κ1) is 15.2. The van der Waals surface area contributed by atoms with Crippen LogP contribution >= 0.6 is 0 Å². The Bertz CT molecular complexity index is 774. The van der Waals surface area contributed by atoms with Crippen molar-refractivity contribution in [1.29, 1.82) is 0 Å². The van der Waals surface area contributed by atoms with E-state index in [0.29, 0.717) is 23.2 Å². The number of carboxylic acid groups (broad SMARTS) is 1. The third-order valence-electron chi connectivity index (χ3n) is 4.24. The molecular weight excluding hydrogens is 297 g/mol. The Balaban J connectivity index is 2.23. The highest BCUT2D eigenvalue weighted by Gasteiger charge is 2.43. The zero-order valence-corrected chi connectivity index (χ0v) is 12.6. The lowest BCUT2D eigenvalue weighted by Crippen LogP contribution is -2.44. The fourth-order valence-electron chi connectivity index (χ4n) is 3.27. The highest BCUT2D eigenvalue weighted by Crippen LogP contribution is 2.42. The van der Waals surface area contributed by atoms with E-state index >= 15 is 0 Å². The molecule has 0 fully saturated rings. The lowest BCUT2D eigenvalue weighted by atomic mass is 9.80. The minimum atomic E-state index is -1.03. The van der Waals surface area contributed by atoms with Crippen LogP contribution in [0.2, 0.25) is 0 Å². The second kappa shape index (κ2) is 5.83. The lowest BCUT2D eigenvalue weighted by Gasteiger charge is -2.40. The van der Waals surface area contributed by atoms with Crippen molar-refractivity contribution in [1.82, 2.24) is 4.90 Å². The number of benzene rings is 2. The molecule has 2 unspecified atom stereocenters. The minimum Gasteiger partial charge on any atom is -0.481 e. The van der Waals surface area contributed by atoms with Gasteiger partial charge >= 0.3 is 5.97 Å². The first-order chi connectivity index (χ1) is 11.0. The van der Waals surface area contributed by atoms with Crippen molar-refractivity contribution in [2.75, 3.05) is 6.54 Å². The van der Waals surface area contributed by atoms with Crippen molar-refractivity contribution in [3.05, 3.63) is 71.0 Å². The summed E-state index contributed by atoms with van der Waals surface area (Å²) in [4.78, 5) is 26.1. The maximum atomic E-state index is 13.6. The van der Waals surface area contributed by atoms with Gasteiger partial charge in [0.1, 0.15) is 11.7 Å². The maximum absolute atomic E-state index is 13.6. The van der Waals surface area contributed by atoms with Gasteiger partial charge in [-0.2, -0.15) is 0 Å². The SMILES string of the molecule is CCN1C(=O)c2ccccc2C(C(=O)O)C1c1cccc(F)c1. The number of nitrogens with zero attached hydrogens (tertiary/aromatic N) is 1. The zero-order valence-electron chi connectivity index (χ0n) is 12.6. The van der Waals surface area contributed by atoms with Gasteiger partial charge in [0.15, 0.2) is 0 Å². The van der Waals surface area contributed by atoms with Crippen LogP contribution in [0.3, 0.4) is 0 Å². The number of fused-ring (bicyclic) bond motifs is 1. The Morgan fingerprint density at radius 2 is 1.96 bits per heavy atom. The predicted octanol–water partition coefficient (Wildman–Crippen LogP) is 3.21. The van der Waals surface area contributed by atoms with E-state index in [1.165, 1.54) is 23.1 Å². The molecule has 1 heterocycles. The number of carbonyl (C=O) groups is 2. The largest absolute Gasteiger partial charge is 0.481 e.